The molecule has 3 rings (SSSR count). The third-order valence-corrected chi connectivity index (χ3v) is 4.13. The minimum Gasteiger partial charge on any atom is -0.467 e. The number of nitrogens with zero attached hydrogens (tertiary/aromatic N) is 1. The molecule has 27 heavy (non-hydrogen) atoms. The Hall–Kier alpha value is -2.97. The molecule has 1 N–H and O–H groups in total. The van der Waals surface area contributed by atoms with E-state index in [1.54, 1.807) is 12.1 Å². The van der Waals surface area contributed by atoms with Crippen LogP contribution in [0.5, 0.6) is 5.75 Å². The molecule has 144 valence electrons. The van der Waals surface area contributed by atoms with Crippen molar-refractivity contribution in [2.24, 2.45) is 5.92 Å². The summed E-state index contributed by atoms with van der Waals surface area (Å²) in [6.45, 7) is 0.716. The normalized spacial score (nSPS) is 17.2. The Bertz CT molecular complexity index is 788. The highest BCUT2D eigenvalue weighted by Crippen LogP contribution is 2.25. The Morgan fingerprint density at radius 2 is 2.00 bits per heavy atom. The minimum absolute atomic E-state index is 0.0965. The highest BCUT2D eigenvalue weighted by Gasteiger charge is 2.34. The first kappa shape index (κ1) is 18.8. The molecule has 1 fully saturated rings. The van der Waals surface area contributed by atoms with Gasteiger partial charge in [0, 0.05) is 19.5 Å². The van der Waals surface area contributed by atoms with Crippen molar-refractivity contribution >= 4 is 11.8 Å². The molecule has 0 spiro atoms. The summed E-state index contributed by atoms with van der Waals surface area (Å²) in [5.74, 6) is -0.597. The molecule has 2 aromatic rings. The molecule has 0 radical (unpaired) electrons. The molecule has 1 aliphatic heterocycles. The van der Waals surface area contributed by atoms with Crippen molar-refractivity contribution < 1.29 is 31.9 Å². The van der Waals surface area contributed by atoms with Gasteiger partial charge in [-0.2, -0.15) is 0 Å². The molecule has 2 heterocycles. The predicted molar refractivity (Wildman–Crippen MR) is 87.2 cm³/mol. The number of nitrogens with one attached hydrogen (secondary N) is 1. The van der Waals surface area contributed by atoms with Crippen LogP contribution in [0.2, 0.25) is 0 Å². The third-order valence-electron chi connectivity index (χ3n) is 4.13. The molecule has 0 unspecified atom stereocenters. The number of benzene rings is 1. The maximum absolute atomic E-state index is 12.2. The Morgan fingerprint density at radius 3 is 2.63 bits per heavy atom. The van der Waals surface area contributed by atoms with Crippen LogP contribution < -0.4 is 10.1 Å². The third kappa shape index (κ3) is 5.25. The molecule has 1 saturated heterocycles. The van der Waals surface area contributed by atoms with E-state index in [1.165, 1.54) is 35.4 Å². The molecule has 9 heteroatoms. The van der Waals surface area contributed by atoms with Gasteiger partial charge in [0.05, 0.1) is 18.7 Å². The first-order chi connectivity index (χ1) is 12.8. The number of hydrogen-bond acceptors (Lipinski definition) is 4. The van der Waals surface area contributed by atoms with Gasteiger partial charge in [-0.05, 0) is 29.8 Å². The zero-order valence-corrected chi connectivity index (χ0v) is 14.2. The van der Waals surface area contributed by atoms with Gasteiger partial charge in [0.1, 0.15) is 11.5 Å². The van der Waals surface area contributed by atoms with Crippen molar-refractivity contribution in [3.05, 3.63) is 54.0 Å². The highest BCUT2D eigenvalue weighted by atomic mass is 19.4. The van der Waals surface area contributed by atoms with Crippen LogP contribution in [0.25, 0.3) is 0 Å². The maximum Gasteiger partial charge on any atom is 0.573 e. The smallest absolute Gasteiger partial charge is 0.467 e. The van der Waals surface area contributed by atoms with Crippen LogP contribution in [0.15, 0.2) is 47.1 Å². The van der Waals surface area contributed by atoms with E-state index in [4.69, 9.17) is 4.42 Å². The molecule has 0 bridgehead atoms. The number of hydrogen-bond donors (Lipinski definition) is 1. The Morgan fingerprint density at radius 1 is 1.26 bits per heavy atom. The van der Waals surface area contributed by atoms with Gasteiger partial charge in [-0.3, -0.25) is 9.59 Å². The SMILES string of the molecule is O=C(NCc1ccco1)[C@@H]1CC(=O)N(Cc2ccc(OC(F)(F)F)cc2)C1. The summed E-state index contributed by atoms with van der Waals surface area (Å²) in [5.41, 5.74) is 0.648. The van der Waals surface area contributed by atoms with E-state index >= 15 is 0 Å². The monoisotopic (exact) mass is 382 g/mol. The van der Waals surface area contributed by atoms with Crippen LogP contribution in [0.3, 0.4) is 0 Å². The van der Waals surface area contributed by atoms with E-state index in [-0.39, 0.29) is 43.6 Å². The number of ether oxygens (including phenoxy) is 1. The van der Waals surface area contributed by atoms with Crippen LogP contribution in [0.1, 0.15) is 17.7 Å². The largest absolute Gasteiger partial charge is 0.573 e. The lowest BCUT2D eigenvalue weighted by Gasteiger charge is -2.17. The van der Waals surface area contributed by atoms with Crippen LogP contribution in [-0.4, -0.2) is 29.6 Å². The standard InChI is InChI=1S/C18H17F3N2O4/c19-18(20,21)27-14-5-3-12(4-6-14)10-23-11-13(8-16(23)24)17(25)22-9-15-2-1-7-26-15/h1-7,13H,8-11H2,(H,22,25)/t13-/m1/s1. The van der Waals surface area contributed by atoms with Gasteiger partial charge in [-0.25, -0.2) is 0 Å². The minimum atomic E-state index is -4.75. The number of furan rings is 1. The van der Waals surface area contributed by atoms with Gasteiger partial charge in [-0.1, -0.05) is 12.1 Å². The predicted octanol–water partition coefficient (Wildman–Crippen LogP) is 2.84. The molecule has 0 saturated carbocycles. The molecular weight excluding hydrogens is 365 g/mol. The number of rotatable bonds is 6. The van der Waals surface area contributed by atoms with Crippen molar-refractivity contribution in [1.29, 1.82) is 0 Å². The van der Waals surface area contributed by atoms with E-state index < -0.39 is 12.3 Å². The van der Waals surface area contributed by atoms with Gasteiger partial charge in [0.25, 0.3) is 0 Å². The van der Waals surface area contributed by atoms with Crippen molar-refractivity contribution in [3.63, 3.8) is 0 Å². The average molecular weight is 382 g/mol. The summed E-state index contributed by atoms with van der Waals surface area (Å²) in [4.78, 5) is 25.9. The van der Waals surface area contributed by atoms with E-state index in [0.29, 0.717) is 11.3 Å². The molecule has 2 amide bonds. The van der Waals surface area contributed by atoms with Gasteiger partial charge in [-0.15, -0.1) is 13.2 Å². The summed E-state index contributed by atoms with van der Waals surface area (Å²) >= 11 is 0. The van der Waals surface area contributed by atoms with Crippen molar-refractivity contribution in [1.82, 2.24) is 10.2 Å². The van der Waals surface area contributed by atoms with Gasteiger partial charge in [0.2, 0.25) is 11.8 Å². The summed E-state index contributed by atoms with van der Waals surface area (Å²) in [6.07, 6.45) is -3.14. The van der Waals surface area contributed by atoms with E-state index in [2.05, 4.69) is 10.1 Å². The lowest BCUT2D eigenvalue weighted by molar-refractivity contribution is -0.274. The second kappa shape index (κ2) is 7.73. The number of halogens is 3. The number of likely N-dealkylation sites (tertiary alicyclic amines) is 1. The molecule has 1 aliphatic rings. The fraction of sp³-hybridized carbons (Fsp3) is 0.333. The van der Waals surface area contributed by atoms with Crippen molar-refractivity contribution in [2.75, 3.05) is 6.54 Å². The molecule has 6 nitrogen and oxygen atoms in total. The summed E-state index contributed by atoms with van der Waals surface area (Å²) < 4.78 is 45.5. The van der Waals surface area contributed by atoms with Gasteiger partial charge < -0.3 is 19.4 Å². The van der Waals surface area contributed by atoms with Crippen LogP contribution in [0, 0.1) is 5.92 Å². The molecular formula is C18H17F3N2O4. The number of carbonyl (C=O) groups is 2. The van der Waals surface area contributed by atoms with E-state index in [1.807, 2.05) is 0 Å². The Labute approximate surface area is 152 Å². The molecule has 0 aliphatic carbocycles. The van der Waals surface area contributed by atoms with Crippen molar-refractivity contribution in [3.8, 4) is 5.75 Å². The second-order valence-corrected chi connectivity index (χ2v) is 6.16. The zero-order chi connectivity index (χ0) is 19.4. The number of alkyl halides is 3. The van der Waals surface area contributed by atoms with E-state index in [0.717, 1.165) is 0 Å². The van der Waals surface area contributed by atoms with E-state index in [9.17, 15) is 22.8 Å². The summed E-state index contributed by atoms with van der Waals surface area (Å²) in [7, 11) is 0. The van der Waals surface area contributed by atoms with Crippen LogP contribution in [0.4, 0.5) is 13.2 Å². The van der Waals surface area contributed by atoms with Crippen LogP contribution in [-0.2, 0) is 22.7 Å². The van der Waals surface area contributed by atoms with Gasteiger partial charge in [0.15, 0.2) is 0 Å². The topological polar surface area (TPSA) is 71.8 Å². The summed E-state index contributed by atoms with van der Waals surface area (Å²) in [6, 6.07) is 8.75. The second-order valence-electron chi connectivity index (χ2n) is 6.16. The first-order valence-corrected chi connectivity index (χ1v) is 8.23. The molecule has 1 aromatic heterocycles. The molecule has 1 aromatic carbocycles. The first-order valence-electron chi connectivity index (χ1n) is 8.23. The average Bonchev–Trinajstić information content (AvgIpc) is 3.23. The van der Waals surface area contributed by atoms with Gasteiger partial charge >= 0.3 is 6.36 Å². The lowest BCUT2D eigenvalue weighted by Crippen LogP contribution is -2.32. The Balaban J connectivity index is 1.52. The summed E-state index contributed by atoms with van der Waals surface area (Å²) in [5, 5.41) is 2.73. The highest BCUT2D eigenvalue weighted by molar-refractivity contribution is 5.89. The van der Waals surface area contributed by atoms with Crippen molar-refractivity contribution in [2.45, 2.75) is 25.9 Å². The number of amides is 2. The maximum atomic E-state index is 12.2. The van der Waals surface area contributed by atoms with Crippen LogP contribution >= 0.6 is 0 Å². The quantitative estimate of drug-likeness (QED) is 0.834. The number of carbonyl (C=O) groups excluding carboxylic acids is 2. The lowest BCUT2D eigenvalue weighted by atomic mass is 10.1. The fourth-order valence-electron chi connectivity index (χ4n) is 2.85. The molecule has 1 atom stereocenters. The zero-order valence-electron chi connectivity index (χ0n) is 14.2. The Kier molecular flexibility index (Phi) is 5.38. The fourth-order valence-corrected chi connectivity index (χ4v) is 2.85.